The Hall–Kier alpha value is 0.0500. The fourth-order valence-electron chi connectivity index (χ4n) is 0.861. The van der Waals surface area contributed by atoms with E-state index in [1.165, 1.54) is 0 Å². The van der Waals surface area contributed by atoms with E-state index in [0.717, 1.165) is 0 Å². The molecule has 0 aliphatic rings. The number of halogens is 3. The van der Waals surface area contributed by atoms with Crippen molar-refractivity contribution in [2.24, 2.45) is 0 Å². The van der Waals surface area contributed by atoms with Crippen molar-refractivity contribution in [2.45, 2.75) is 58.3 Å². The highest BCUT2D eigenvalue weighted by Gasteiger charge is 2.48. The number of hydrogen-bond acceptors (Lipinski definition) is 5. The molecule has 0 saturated heterocycles. The predicted molar refractivity (Wildman–Crippen MR) is 69.5 cm³/mol. The number of hydrogen-bond donors (Lipinski definition) is 0. The van der Waals surface area contributed by atoms with E-state index < -0.39 is 41.6 Å². The molecule has 0 unspecified atom stereocenters. The summed E-state index contributed by atoms with van der Waals surface area (Å²) in [4.78, 5) is 0. The van der Waals surface area contributed by atoms with E-state index in [2.05, 4.69) is 4.18 Å². The Bertz CT molecular complexity index is 392. The largest absolute Gasteiger partial charge is 0.523 e. The fraction of sp³-hybridized carbons (Fsp3) is 1.00. The smallest absolute Gasteiger partial charge is 0.327 e. The van der Waals surface area contributed by atoms with E-state index in [-0.39, 0.29) is 0 Å². The van der Waals surface area contributed by atoms with E-state index in [1.54, 1.807) is 41.5 Å². The number of alkyl halides is 3. The molecule has 0 aliphatic carbocycles. The van der Waals surface area contributed by atoms with Gasteiger partial charge in [0.05, 0.1) is 11.2 Å². The third-order valence-electron chi connectivity index (χ3n) is 1.35. The monoisotopic (exact) mass is 340 g/mol. The maximum absolute atomic E-state index is 12.2. The van der Waals surface area contributed by atoms with Crippen LogP contribution < -0.4 is 0 Å². The molecule has 0 aromatic rings. The summed E-state index contributed by atoms with van der Waals surface area (Å²) in [6.07, 6.45) is -0.814. The van der Waals surface area contributed by atoms with E-state index >= 15 is 0 Å². The zero-order chi connectivity index (χ0) is 16.4. The van der Waals surface area contributed by atoms with Gasteiger partial charge in [0.2, 0.25) is 8.38 Å². The minimum Gasteiger partial charge on any atom is -0.327 e. The molecule has 10 heteroatoms. The van der Waals surface area contributed by atoms with Crippen LogP contribution in [0.5, 0.6) is 0 Å². The third-order valence-corrected chi connectivity index (χ3v) is 4.36. The molecule has 0 spiro atoms. The molecule has 0 amide bonds. The van der Waals surface area contributed by atoms with Gasteiger partial charge in [-0.2, -0.15) is 21.6 Å². The molecule has 0 saturated carbocycles. The lowest BCUT2D eigenvalue weighted by molar-refractivity contribution is -0.0535. The van der Waals surface area contributed by atoms with Crippen LogP contribution in [0.1, 0.15) is 41.5 Å². The van der Waals surface area contributed by atoms with Gasteiger partial charge in [-0.25, -0.2) is 0 Å². The summed E-state index contributed by atoms with van der Waals surface area (Å²) in [6, 6.07) is 0. The first-order valence-corrected chi connectivity index (χ1v) is 8.42. The third kappa shape index (κ3) is 8.36. The summed E-state index contributed by atoms with van der Waals surface area (Å²) >= 11 is 0. The van der Waals surface area contributed by atoms with Gasteiger partial charge in [0, 0.05) is 0 Å². The van der Waals surface area contributed by atoms with Gasteiger partial charge < -0.3 is 9.05 Å². The van der Waals surface area contributed by atoms with Gasteiger partial charge in [-0.1, -0.05) is 0 Å². The molecular formula is C10H20F3O5PS. The molecule has 20 heavy (non-hydrogen) atoms. The van der Waals surface area contributed by atoms with Gasteiger partial charge in [-0.3, -0.25) is 4.18 Å². The predicted octanol–water partition coefficient (Wildman–Crippen LogP) is 3.75. The lowest BCUT2D eigenvalue weighted by atomic mass is 10.2. The second-order valence-corrected chi connectivity index (χ2v) is 8.78. The van der Waals surface area contributed by atoms with E-state index in [4.69, 9.17) is 9.05 Å². The maximum atomic E-state index is 12.2. The van der Waals surface area contributed by atoms with Crippen LogP contribution in [-0.4, -0.2) is 31.5 Å². The summed E-state index contributed by atoms with van der Waals surface area (Å²) in [5.74, 6) is 0. The second kappa shape index (κ2) is 6.44. The molecule has 0 heterocycles. The van der Waals surface area contributed by atoms with Crippen LogP contribution in [0.2, 0.25) is 0 Å². The van der Waals surface area contributed by atoms with Crippen molar-refractivity contribution in [1.29, 1.82) is 0 Å². The minimum atomic E-state index is -5.65. The van der Waals surface area contributed by atoms with E-state index in [9.17, 15) is 21.6 Å². The van der Waals surface area contributed by atoms with Crippen LogP contribution in [0, 0.1) is 0 Å². The summed E-state index contributed by atoms with van der Waals surface area (Å²) in [6.45, 7) is 10.0. The molecule has 0 fully saturated rings. The normalized spacial score (nSPS) is 14.9. The van der Waals surface area contributed by atoms with Gasteiger partial charge in [-0.15, -0.1) is 0 Å². The van der Waals surface area contributed by atoms with E-state index in [1.807, 2.05) is 0 Å². The molecule has 0 aromatic carbocycles. The van der Waals surface area contributed by atoms with Gasteiger partial charge in [0.15, 0.2) is 0 Å². The SMILES string of the molecule is CC(C)(C)OP(COS(=O)(=O)C(F)(F)F)OC(C)(C)C. The topological polar surface area (TPSA) is 61.8 Å². The zero-order valence-corrected chi connectivity index (χ0v) is 13.9. The average molecular weight is 340 g/mol. The van der Waals surface area contributed by atoms with Gasteiger partial charge >= 0.3 is 15.6 Å². The van der Waals surface area contributed by atoms with Crippen LogP contribution >= 0.6 is 8.38 Å². The summed E-state index contributed by atoms with van der Waals surface area (Å²) in [7, 11) is -7.60. The standard InChI is InChI=1S/C10H20F3O5PS/c1-8(2,3)17-19(18-9(4,5)6)7-16-20(14,15)10(11,12)13/h7H2,1-6H3. The zero-order valence-electron chi connectivity index (χ0n) is 12.2. The van der Waals surface area contributed by atoms with E-state index in [0.29, 0.717) is 0 Å². The molecular weight excluding hydrogens is 320 g/mol. The molecule has 0 N–H and O–H groups in total. The quantitative estimate of drug-likeness (QED) is 0.433. The molecule has 0 aliphatic heterocycles. The Kier molecular flexibility index (Phi) is 6.45. The van der Waals surface area contributed by atoms with Crippen molar-refractivity contribution >= 4 is 18.5 Å². The summed E-state index contributed by atoms with van der Waals surface area (Å²) in [5.41, 5.74) is -6.87. The molecule has 0 radical (unpaired) electrons. The lowest BCUT2D eigenvalue weighted by Crippen LogP contribution is -2.28. The highest BCUT2D eigenvalue weighted by Crippen LogP contribution is 2.47. The summed E-state index contributed by atoms with van der Waals surface area (Å²) in [5, 5.41) is 0. The maximum Gasteiger partial charge on any atom is 0.523 e. The van der Waals surface area contributed by atoms with Crippen molar-refractivity contribution < 1.29 is 34.8 Å². The minimum absolute atomic E-state index is 0.706. The molecule has 0 atom stereocenters. The molecule has 0 aromatic heterocycles. The van der Waals surface area contributed by atoms with Crippen molar-refractivity contribution in [3.05, 3.63) is 0 Å². The molecule has 0 bridgehead atoms. The molecule has 5 nitrogen and oxygen atoms in total. The van der Waals surface area contributed by atoms with Crippen molar-refractivity contribution in [3.63, 3.8) is 0 Å². The Balaban J connectivity index is 4.84. The molecule has 122 valence electrons. The highest BCUT2D eigenvalue weighted by atomic mass is 32.2. The second-order valence-electron chi connectivity index (χ2n) is 5.89. The van der Waals surface area contributed by atoms with Crippen LogP contribution in [0.15, 0.2) is 0 Å². The van der Waals surface area contributed by atoms with Gasteiger partial charge in [0.1, 0.15) is 6.35 Å². The van der Waals surface area contributed by atoms with Gasteiger partial charge in [0.25, 0.3) is 0 Å². The fourth-order valence-corrected chi connectivity index (χ4v) is 3.26. The van der Waals surface area contributed by atoms with Crippen LogP contribution in [0.25, 0.3) is 0 Å². The first-order chi connectivity index (χ1) is 8.54. The summed E-state index contributed by atoms with van der Waals surface area (Å²) < 4.78 is 73.0. The Morgan fingerprint density at radius 3 is 1.50 bits per heavy atom. The Labute approximate surface area is 118 Å². The van der Waals surface area contributed by atoms with Crippen LogP contribution in [-0.2, 0) is 23.3 Å². The van der Waals surface area contributed by atoms with Crippen LogP contribution in [0.3, 0.4) is 0 Å². The van der Waals surface area contributed by atoms with Gasteiger partial charge in [-0.05, 0) is 41.5 Å². The first-order valence-electron chi connectivity index (χ1n) is 5.65. The highest BCUT2D eigenvalue weighted by molar-refractivity contribution is 7.87. The van der Waals surface area contributed by atoms with Crippen molar-refractivity contribution in [1.82, 2.24) is 0 Å². The van der Waals surface area contributed by atoms with Crippen molar-refractivity contribution in [2.75, 3.05) is 6.35 Å². The number of rotatable bonds is 5. The first kappa shape index (κ1) is 20.1. The van der Waals surface area contributed by atoms with Crippen molar-refractivity contribution in [3.8, 4) is 0 Å². The van der Waals surface area contributed by atoms with Crippen LogP contribution in [0.4, 0.5) is 13.2 Å². The Morgan fingerprint density at radius 2 is 1.25 bits per heavy atom. The average Bonchev–Trinajstić information content (AvgIpc) is 2.07. The molecule has 0 rings (SSSR count). The Morgan fingerprint density at radius 1 is 0.900 bits per heavy atom. The lowest BCUT2D eigenvalue weighted by Gasteiger charge is -2.31.